The lowest BCUT2D eigenvalue weighted by Gasteiger charge is -2.21. The summed E-state index contributed by atoms with van der Waals surface area (Å²) in [5.41, 5.74) is 2.90. The fraction of sp³-hybridized carbons (Fsp3) is 0.500. The zero-order chi connectivity index (χ0) is 14.0. The first kappa shape index (κ1) is 14.1. The topological polar surface area (TPSA) is 63.2 Å². The summed E-state index contributed by atoms with van der Waals surface area (Å²) in [5.74, 6) is -0.417. The third-order valence-electron chi connectivity index (χ3n) is 3.70. The minimum atomic E-state index is -3.05. The minimum absolute atomic E-state index is 0.0241. The average molecular weight is 281 g/mol. The SMILES string of the molecule is Cc1cccc(NC(=O)C2CCCS(=O)(=O)C2)c1C. The summed E-state index contributed by atoms with van der Waals surface area (Å²) >= 11 is 0. The second-order valence-corrected chi connectivity index (χ2v) is 7.42. The minimum Gasteiger partial charge on any atom is -0.326 e. The van der Waals surface area contributed by atoms with Gasteiger partial charge in [-0.1, -0.05) is 12.1 Å². The second kappa shape index (κ2) is 5.33. The van der Waals surface area contributed by atoms with Crippen LogP contribution in [0.2, 0.25) is 0 Å². The van der Waals surface area contributed by atoms with Crippen LogP contribution in [0.1, 0.15) is 24.0 Å². The molecule has 0 aromatic heterocycles. The van der Waals surface area contributed by atoms with E-state index in [0.29, 0.717) is 12.8 Å². The van der Waals surface area contributed by atoms with Gasteiger partial charge < -0.3 is 5.32 Å². The number of hydrogen-bond donors (Lipinski definition) is 1. The van der Waals surface area contributed by atoms with Crippen LogP contribution < -0.4 is 5.32 Å². The Morgan fingerprint density at radius 2 is 2.05 bits per heavy atom. The van der Waals surface area contributed by atoms with Crippen molar-refractivity contribution in [2.45, 2.75) is 26.7 Å². The summed E-state index contributed by atoms with van der Waals surface area (Å²) in [5, 5.41) is 2.86. The van der Waals surface area contributed by atoms with E-state index in [1.807, 2.05) is 32.0 Å². The molecule has 4 nitrogen and oxygen atoms in total. The molecule has 0 aliphatic carbocycles. The highest BCUT2D eigenvalue weighted by molar-refractivity contribution is 7.91. The first-order valence-corrected chi connectivity index (χ1v) is 8.29. The van der Waals surface area contributed by atoms with Crippen molar-refractivity contribution in [3.63, 3.8) is 0 Å². The molecule has 1 amide bonds. The predicted octanol–water partition coefficient (Wildman–Crippen LogP) is 2.07. The van der Waals surface area contributed by atoms with Gasteiger partial charge >= 0.3 is 0 Å². The number of carbonyl (C=O) groups is 1. The number of nitrogens with one attached hydrogen (secondary N) is 1. The van der Waals surface area contributed by atoms with Gasteiger partial charge in [-0.15, -0.1) is 0 Å². The van der Waals surface area contributed by atoms with Gasteiger partial charge in [0, 0.05) is 5.69 Å². The molecule has 1 aliphatic rings. The maximum absolute atomic E-state index is 12.1. The molecule has 1 aromatic rings. The molecule has 1 aromatic carbocycles. The van der Waals surface area contributed by atoms with Gasteiger partial charge in [0.05, 0.1) is 17.4 Å². The zero-order valence-electron chi connectivity index (χ0n) is 11.3. The van der Waals surface area contributed by atoms with E-state index in [1.165, 1.54) is 0 Å². The number of amides is 1. The normalized spacial score (nSPS) is 21.9. The maximum Gasteiger partial charge on any atom is 0.228 e. The molecule has 19 heavy (non-hydrogen) atoms. The lowest BCUT2D eigenvalue weighted by molar-refractivity contribution is -0.119. The summed E-state index contributed by atoms with van der Waals surface area (Å²) in [6.45, 7) is 3.93. The van der Waals surface area contributed by atoms with Crippen molar-refractivity contribution in [3.8, 4) is 0 Å². The number of aryl methyl sites for hydroxylation is 1. The lowest BCUT2D eigenvalue weighted by atomic mass is 10.0. The third-order valence-corrected chi connectivity index (χ3v) is 5.52. The van der Waals surface area contributed by atoms with E-state index in [4.69, 9.17) is 0 Å². The fourth-order valence-corrected chi connectivity index (χ4v) is 4.06. The van der Waals surface area contributed by atoms with E-state index < -0.39 is 15.8 Å². The van der Waals surface area contributed by atoms with Crippen LogP contribution in [0.15, 0.2) is 18.2 Å². The van der Waals surface area contributed by atoms with Gasteiger partial charge in [-0.25, -0.2) is 8.42 Å². The molecule has 2 rings (SSSR count). The van der Waals surface area contributed by atoms with Crippen molar-refractivity contribution in [3.05, 3.63) is 29.3 Å². The maximum atomic E-state index is 12.1. The number of hydrogen-bond acceptors (Lipinski definition) is 3. The van der Waals surface area contributed by atoms with E-state index in [0.717, 1.165) is 16.8 Å². The van der Waals surface area contributed by atoms with E-state index in [2.05, 4.69) is 5.32 Å². The Labute approximate surface area is 114 Å². The van der Waals surface area contributed by atoms with Gasteiger partial charge in [-0.3, -0.25) is 4.79 Å². The Morgan fingerprint density at radius 3 is 2.74 bits per heavy atom. The predicted molar refractivity (Wildman–Crippen MR) is 75.9 cm³/mol. The van der Waals surface area contributed by atoms with Gasteiger partial charge in [0.1, 0.15) is 0 Å². The van der Waals surface area contributed by atoms with Crippen LogP contribution >= 0.6 is 0 Å². The second-order valence-electron chi connectivity index (χ2n) is 5.19. The van der Waals surface area contributed by atoms with E-state index in [1.54, 1.807) is 0 Å². The smallest absolute Gasteiger partial charge is 0.228 e. The first-order chi connectivity index (χ1) is 8.89. The highest BCUT2D eigenvalue weighted by atomic mass is 32.2. The molecule has 1 fully saturated rings. The van der Waals surface area contributed by atoms with Crippen LogP contribution in [0.5, 0.6) is 0 Å². The molecule has 0 spiro atoms. The van der Waals surface area contributed by atoms with Gasteiger partial charge in [0.2, 0.25) is 5.91 Å². The Hall–Kier alpha value is -1.36. The van der Waals surface area contributed by atoms with Gasteiger partial charge in [-0.2, -0.15) is 0 Å². The molecular formula is C14H19NO3S. The molecular weight excluding hydrogens is 262 g/mol. The Kier molecular flexibility index (Phi) is 3.94. The van der Waals surface area contributed by atoms with Gasteiger partial charge in [0.25, 0.3) is 0 Å². The van der Waals surface area contributed by atoms with Gasteiger partial charge in [0.15, 0.2) is 9.84 Å². The lowest BCUT2D eigenvalue weighted by Crippen LogP contribution is -2.34. The highest BCUT2D eigenvalue weighted by Crippen LogP contribution is 2.22. The highest BCUT2D eigenvalue weighted by Gasteiger charge is 2.30. The van der Waals surface area contributed by atoms with Crippen LogP contribution in [0.4, 0.5) is 5.69 Å². The van der Waals surface area contributed by atoms with Crippen LogP contribution in [-0.2, 0) is 14.6 Å². The molecule has 5 heteroatoms. The van der Waals surface area contributed by atoms with Crippen LogP contribution in [0, 0.1) is 19.8 Å². The molecule has 1 unspecified atom stereocenters. The molecule has 1 heterocycles. The number of anilines is 1. The van der Waals surface area contributed by atoms with Crippen molar-refractivity contribution < 1.29 is 13.2 Å². The molecule has 0 bridgehead atoms. The van der Waals surface area contributed by atoms with Crippen LogP contribution in [0.25, 0.3) is 0 Å². The molecule has 1 saturated heterocycles. The van der Waals surface area contributed by atoms with E-state index in [9.17, 15) is 13.2 Å². The molecule has 0 saturated carbocycles. The molecule has 1 N–H and O–H groups in total. The monoisotopic (exact) mass is 281 g/mol. The summed E-state index contributed by atoms with van der Waals surface area (Å²) < 4.78 is 23.1. The third kappa shape index (κ3) is 3.35. The fourth-order valence-electron chi connectivity index (χ4n) is 2.35. The number of sulfone groups is 1. The van der Waals surface area contributed by atoms with Crippen molar-refractivity contribution in [1.82, 2.24) is 0 Å². The number of rotatable bonds is 2. The average Bonchev–Trinajstić information content (AvgIpc) is 2.33. The zero-order valence-corrected chi connectivity index (χ0v) is 12.1. The molecule has 1 atom stereocenters. The number of carbonyl (C=O) groups excluding carboxylic acids is 1. The van der Waals surface area contributed by atoms with Crippen LogP contribution in [0.3, 0.4) is 0 Å². The van der Waals surface area contributed by atoms with Crippen molar-refractivity contribution in [2.24, 2.45) is 5.92 Å². The summed E-state index contributed by atoms with van der Waals surface area (Å²) in [6, 6.07) is 5.71. The summed E-state index contributed by atoms with van der Waals surface area (Å²) in [4.78, 5) is 12.1. The van der Waals surface area contributed by atoms with Crippen molar-refractivity contribution in [2.75, 3.05) is 16.8 Å². The Bertz CT molecular complexity index is 593. The van der Waals surface area contributed by atoms with Gasteiger partial charge in [-0.05, 0) is 43.9 Å². The first-order valence-electron chi connectivity index (χ1n) is 6.46. The molecule has 104 valence electrons. The van der Waals surface area contributed by atoms with E-state index >= 15 is 0 Å². The van der Waals surface area contributed by atoms with Crippen molar-refractivity contribution >= 4 is 21.4 Å². The quantitative estimate of drug-likeness (QED) is 0.902. The largest absolute Gasteiger partial charge is 0.326 e. The molecule has 1 aliphatic heterocycles. The van der Waals surface area contributed by atoms with Crippen molar-refractivity contribution in [1.29, 1.82) is 0 Å². The Morgan fingerprint density at radius 1 is 1.32 bits per heavy atom. The Balaban J connectivity index is 2.11. The molecule has 0 radical (unpaired) electrons. The van der Waals surface area contributed by atoms with E-state index in [-0.39, 0.29) is 17.4 Å². The summed E-state index contributed by atoms with van der Waals surface area (Å²) in [6.07, 6.45) is 1.23. The standard InChI is InChI=1S/C14H19NO3S/c1-10-5-3-7-13(11(10)2)15-14(16)12-6-4-8-19(17,18)9-12/h3,5,7,12H,4,6,8-9H2,1-2H3,(H,15,16). The number of benzene rings is 1. The summed E-state index contributed by atoms with van der Waals surface area (Å²) in [7, 11) is -3.05. The van der Waals surface area contributed by atoms with Crippen LogP contribution in [-0.4, -0.2) is 25.8 Å².